The van der Waals surface area contributed by atoms with Crippen molar-refractivity contribution in [1.82, 2.24) is 4.90 Å². The number of amides is 1. The fourth-order valence-electron chi connectivity index (χ4n) is 6.19. The molecule has 4 atom stereocenters. The molecule has 2 heterocycles. The van der Waals surface area contributed by atoms with Gasteiger partial charge in [-0.15, -0.1) is 0 Å². The third-order valence-electron chi connectivity index (χ3n) is 8.27. The molecule has 182 valence electrons. The standard InChI is InChI=1S/C29H41N2O2Si/c1-28(2,34-5)19-9-12-23(20-10-7-6-8-11-20)24-17-18-25-26(21-13-15-22(30)16-14-21)29(3,4)33-27(32)31(24)25/h6-8,10-11,13-16,23-26,34H,9,12,17-19,30H2,1-5H3/q+1/t23-,24-,25-,26?/m1/s1. The highest BCUT2D eigenvalue weighted by atomic mass is 28.2. The number of nitrogens with two attached hydrogens (primary N) is 1. The van der Waals surface area contributed by atoms with E-state index in [0.29, 0.717) is 20.5 Å². The first kappa shape index (κ1) is 24.8. The van der Waals surface area contributed by atoms with E-state index in [1.165, 1.54) is 24.0 Å². The molecule has 0 saturated carbocycles. The van der Waals surface area contributed by atoms with Crippen molar-refractivity contribution in [1.29, 1.82) is 0 Å². The zero-order valence-electron chi connectivity index (χ0n) is 21.5. The summed E-state index contributed by atoms with van der Waals surface area (Å²) in [6.07, 6.45) is 5.40. The molecule has 2 aliphatic heterocycles. The predicted octanol–water partition coefficient (Wildman–Crippen LogP) is 6.75. The number of rotatable bonds is 8. The van der Waals surface area contributed by atoms with Gasteiger partial charge in [0, 0.05) is 29.6 Å². The number of nitrogens with zero attached hydrogens (tertiary/aromatic N) is 1. The van der Waals surface area contributed by atoms with Gasteiger partial charge in [0.05, 0.1) is 11.6 Å². The molecule has 0 aromatic heterocycles. The van der Waals surface area contributed by atoms with Gasteiger partial charge in [0.1, 0.15) is 5.60 Å². The van der Waals surface area contributed by atoms with Crippen LogP contribution < -0.4 is 5.73 Å². The van der Waals surface area contributed by atoms with E-state index in [0.717, 1.165) is 24.9 Å². The Labute approximate surface area is 208 Å². The zero-order chi connectivity index (χ0) is 24.5. The van der Waals surface area contributed by atoms with E-state index in [2.05, 4.69) is 81.6 Å². The molecule has 0 aliphatic carbocycles. The highest BCUT2D eigenvalue weighted by Crippen LogP contribution is 2.50. The fraction of sp³-hybridized carbons (Fsp3) is 0.552. The monoisotopic (exact) mass is 477 g/mol. The Morgan fingerprint density at radius 2 is 1.79 bits per heavy atom. The summed E-state index contributed by atoms with van der Waals surface area (Å²) >= 11 is 0. The Bertz CT molecular complexity index is 973. The normalized spacial score (nSPS) is 24.9. The van der Waals surface area contributed by atoms with Crippen LogP contribution in [0.4, 0.5) is 10.5 Å². The van der Waals surface area contributed by atoms with Crippen LogP contribution in [0.3, 0.4) is 0 Å². The summed E-state index contributed by atoms with van der Waals surface area (Å²) in [4.78, 5) is 15.5. The van der Waals surface area contributed by atoms with E-state index in [-0.39, 0.29) is 24.1 Å². The molecule has 5 heteroatoms. The van der Waals surface area contributed by atoms with Crippen LogP contribution in [0.25, 0.3) is 0 Å². The molecule has 1 amide bonds. The number of cyclic esters (lactones) is 1. The van der Waals surface area contributed by atoms with E-state index in [1.807, 2.05) is 12.1 Å². The van der Waals surface area contributed by atoms with Gasteiger partial charge in [0.15, 0.2) is 0 Å². The van der Waals surface area contributed by atoms with Crippen molar-refractivity contribution in [3.05, 3.63) is 65.7 Å². The number of nitrogen functional groups attached to an aromatic ring is 1. The summed E-state index contributed by atoms with van der Waals surface area (Å²) < 4.78 is 6.14. The first-order chi connectivity index (χ1) is 16.1. The lowest BCUT2D eigenvalue weighted by Gasteiger charge is -2.49. The predicted molar refractivity (Wildman–Crippen MR) is 143 cm³/mol. The lowest BCUT2D eigenvalue weighted by molar-refractivity contribution is -0.0661. The molecule has 2 aliphatic rings. The van der Waals surface area contributed by atoms with Crippen LogP contribution in [-0.4, -0.2) is 38.2 Å². The zero-order valence-corrected chi connectivity index (χ0v) is 22.6. The number of hydrogen-bond acceptors (Lipinski definition) is 3. The van der Waals surface area contributed by atoms with Crippen molar-refractivity contribution in [3.63, 3.8) is 0 Å². The Morgan fingerprint density at radius 1 is 1.12 bits per heavy atom. The Balaban J connectivity index is 1.63. The van der Waals surface area contributed by atoms with Gasteiger partial charge in [-0.1, -0.05) is 42.5 Å². The second-order valence-corrected chi connectivity index (χ2v) is 13.6. The lowest BCUT2D eigenvalue weighted by Crippen LogP contribution is -2.58. The smallest absolute Gasteiger partial charge is 0.410 e. The van der Waals surface area contributed by atoms with Crippen LogP contribution in [0.5, 0.6) is 0 Å². The minimum atomic E-state index is -0.556. The largest absolute Gasteiger partial charge is 0.443 e. The molecule has 34 heavy (non-hydrogen) atoms. The first-order valence-corrected chi connectivity index (χ1v) is 14.6. The topological polar surface area (TPSA) is 55.6 Å². The maximum atomic E-state index is 13.4. The molecule has 2 aromatic carbocycles. The molecule has 0 bridgehead atoms. The highest BCUT2D eigenvalue weighted by Gasteiger charge is 2.55. The van der Waals surface area contributed by atoms with Crippen LogP contribution in [0, 0.1) is 0 Å². The van der Waals surface area contributed by atoms with E-state index in [9.17, 15) is 4.79 Å². The highest BCUT2D eigenvalue weighted by molar-refractivity contribution is 6.37. The number of carbonyl (C=O) groups is 1. The van der Waals surface area contributed by atoms with Gasteiger partial charge in [0.25, 0.3) is 0 Å². The molecular formula is C29H41N2O2Si+. The number of fused-ring (bicyclic) bond motifs is 1. The van der Waals surface area contributed by atoms with Gasteiger partial charge in [-0.2, -0.15) is 0 Å². The van der Waals surface area contributed by atoms with Gasteiger partial charge in [0.2, 0.25) is 0 Å². The van der Waals surface area contributed by atoms with Gasteiger partial charge < -0.3 is 15.4 Å². The fourth-order valence-corrected chi connectivity index (χ4v) is 6.69. The molecule has 2 fully saturated rings. The second kappa shape index (κ2) is 9.77. The average molecular weight is 478 g/mol. The van der Waals surface area contributed by atoms with Crippen molar-refractivity contribution < 1.29 is 9.53 Å². The van der Waals surface area contributed by atoms with E-state index in [1.54, 1.807) is 0 Å². The Hall–Kier alpha value is -2.27. The van der Waals surface area contributed by atoms with E-state index in [4.69, 9.17) is 10.5 Å². The van der Waals surface area contributed by atoms with Gasteiger partial charge in [-0.25, -0.2) is 4.79 Å². The van der Waals surface area contributed by atoms with E-state index < -0.39 is 5.60 Å². The maximum Gasteiger partial charge on any atom is 0.410 e. The molecule has 0 radical (unpaired) electrons. The van der Waals surface area contributed by atoms with Crippen LogP contribution in [0.2, 0.25) is 11.6 Å². The quantitative estimate of drug-likeness (QED) is 0.338. The lowest BCUT2D eigenvalue weighted by atomic mass is 9.77. The van der Waals surface area contributed by atoms with Gasteiger partial charge in [-0.05, 0) is 83.1 Å². The second-order valence-electron chi connectivity index (χ2n) is 11.4. The SMILES string of the molecule is C[SiH+]C(C)(C)CCC[C@H](c1ccccc1)[C@H]1CC[C@@H]2C(c3ccc(N)cc3)C(C)(C)OC(=O)N21. The molecule has 1 unspecified atom stereocenters. The van der Waals surface area contributed by atoms with Crippen molar-refractivity contribution in [2.75, 3.05) is 5.73 Å². The minimum Gasteiger partial charge on any atom is -0.443 e. The van der Waals surface area contributed by atoms with Crippen LogP contribution in [0.1, 0.15) is 82.8 Å². The number of ether oxygens (including phenoxy) is 1. The Morgan fingerprint density at radius 3 is 2.44 bits per heavy atom. The number of benzene rings is 2. The van der Waals surface area contributed by atoms with Crippen molar-refractivity contribution >= 4 is 21.3 Å². The van der Waals surface area contributed by atoms with Gasteiger partial charge in [-0.3, -0.25) is 0 Å². The van der Waals surface area contributed by atoms with E-state index >= 15 is 0 Å². The molecule has 0 spiro atoms. The number of carbonyl (C=O) groups excluding carboxylic acids is 1. The third-order valence-corrected chi connectivity index (χ3v) is 10.1. The summed E-state index contributed by atoms with van der Waals surface area (Å²) in [6.45, 7) is 11.3. The molecule has 2 aromatic rings. The minimum absolute atomic E-state index is 0.120. The van der Waals surface area contributed by atoms with Crippen LogP contribution >= 0.6 is 0 Å². The van der Waals surface area contributed by atoms with Crippen molar-refractivity contribution in [3.8, 4) is 0 Å². The molecule has 2 saturated heterocycles. The molecule has 2 N–H and O–H groups in total. The molecule has 4 nitrogen and oxygen atoms in total. The van der Waals surface area contributed by atoms with Crippen molar-refractivity contribution in [2.45, 2.75) is 101 Å². The third kappa shape index (κ3) is 5.05. The maximum absolute atomic E-state index is 13.4. The first-order valence-electron chi connectivity index (χ1n) is 12.9. The Kier molecular flexibility index (Phi) is 7.14. The molecular weight excluding hydrogens is 436 g/mol. The average Bonchev–Trinajstić information content (AvgIpc) is 3.22. The van der Waals surface area contributed by atoms with Crippen LogP contribution in [0.15, 0.2) is 54.6 Å². The number of hydrogen-bond donors (Lipinski definition) is 1. The summed E-state index contributed by atoms with van der Waals surface area (Å²) in [7, 11) is 0.441. The summed E-state index contributed by atoms with van der Waals surface area (Å²) in [6, 6.07) is 19.3. The van der Waals surface area contributed by atoms with Crippen LogP contribution in [-0.2, 0) is 4.74 Å². The van der Waals surface area contributed by atoms with Gasteiger partial charge >= 0.3 is 15.6 Å². The summed E-state index contributed by atoms with van der Waals surface area (Å²) in [5.41, 5.74) is 8.72. The number of anilines is 1. The molecule has 4 rings (SSSR count). The van der Waals surface area contributed by atoms with Crippen molar-refractivity contribution in [2.24, 2.45) is 0 Å². The summed E-state index contributed by atoms with van der Waals surface area (Å²) in [5, 5.41) is 0.438. The summed E-state index contributed by atoms with van der Waals surface area (Å²) in [5.74, 6) is 0.449.